The Labute approximate surface area is 84.6 Å². The van der Waals surface area contributed by atoms with Crippen LogP contribution in [-0.2, 0) is 4.74 Å². The van der Waals surface area contributed by atoms with Gasteiger partial charge in [0.15, 0.2) is 0 Å². The highest BCUT2D eigenvalue weighted by Crippen LogP contribution is 2.44. The first-order valence-corrected chi connectivity index (χ1v) is 5.09. The van der Waals surface area contributed by atoms with Gasteiger partial charge >= 0.3 is 6.09 Å². The van der Waals surface area contributed by atoms with E-state index in [-0.39, 0.29) is 18.1 Å². The molecule has 0 unspecified atom stereocenters. The van der Waals surface area contributed by atoms with Gasteiger partial charge in [-0.15, -0.1) is 0 Å². The Morgan fingerprint density at radius 2 is 2.21 bits per heavy atom. The van der Waals surface area contributed by atoms with Crippen LogP contribution in [-0.4, -0.2) is 31.0 Å². The molecule has 1 aliphatic carbocycles. The van der Waals surface area contributed by atoms with Gasteiger partial charge in [0.1, 0.15) is 0 Å². The normalized spacial score (nSPS) is 18.0. The fraction of sp³-hybridized carbons (Fsp3) is 0.900. The Bertz CT molecular complexity index is 200. The first-order valence-electron chi connectivity index (χ1n) is 5.09. The van der Waals surface area contributed by atoms with Crippen LogP contribution in [0.5, 0.6) is 0 Å². The van der Waals surface area contributed by atoms with Gasteiger partial charge in [0.05, 0.1) is 13.2 Å². The summed E-state index contributed by atoms with van der Waals surface area (Å²) in [4.78, 5) is 11.1. The van der Waals surface area contributed by atoms with Crippen molar-refractivity contribution in [2.24, 2.45) is 11.3 Å². The smallest absolute Gasteiger partial charge is 0.407 e. The summed E-state index contributed by atoms with van der Waals surface area (Å²) in [5, 5.41) is 11.7. The summed E-state index contributed by atoms with van der Waals surface area (Å²) >= 11 is 0. The SMILES string of the molecule is CC(C)COC(=O)NCC1(CO)CC1. The van der Waals surface area contributed by atoms with Crippen LogP contribution >= 0.6 is 0 Å². The highest BCUT2D eigenvalue weighted by molar-refractivity contribution is 5.67. The molecule has 1 amide bonds. The number of nitrogens with one attached hydrogen (secondary N) is 1. The largest absolute Gasteiger partial charge is 0.449 e. The minimum atomic E-state index is -0.376. The monoisotopic (exact) mass is 201 g/mol. The van der Waals surface area contributed by atoms with Crippen LogP contribution in [0.2, 0.25) is 0 Å². The molecular weight excluding hydrogens is 182 g/mol. The maximum Gasteiger partial charge on any atom is 0.407 e. The predicted octanol–water partition coefficient (Wildman–Crippen LogP) is 1.14. The van der Waals surface area contributed by atoms with Crippen LogP contribution in [0.4, 0.5) is 4.79 Å². The number of aliphatic hydroxyl groups excluding tert-OH is 1. The average molecular weight is 201 g/mol. The van der Waals surface area contributed by atoms with E-state index in [2.05, 4.69) is 5.32 Å². The third-order valence-corrected chi connectivity index (χ3v) is 2.45. The predicted molar refractivity (Wildman–Crippen MR) is 52.9 cm³/mol. The standard InChI is InChI=1S/C10H19NO3/c1-8(2)5-14-9(13)11-6-10(7-12)3-4-10/h8,12H,3-7H2,1-2H3,(H,11,13). The van der Waals surface area contributed by atoms with E-state index in [1.807, 2.05) is 13.8 Å². The van der Waals surface area contributed by atoms with Gasteiger partial charge in [-0.3, -0.25) is 0 Å². The molecule has 0 aromatic heterocycles. The van der Waals surface area contributed by atoms with Crippen LogP contribution in [0.3, 0.4) is 0 Å². The summed E-state index contributed by atoms with van der Waals surface area (Å²) in [5.41, 5.74) is -0.0448. The van der Waals surface area contributed by atoms with Gasteiger partial charge in [-0.2, -0.15) is 0 Å². The lowest BCUT2D eigenvalue weighted by atomic mass is 10.1. The van der Waals surface area contributed by atoms with Crippen molar-refractivity contribution in [3.8, 4) is 0 Å². The van der Waals surface area contributed by atoms with Crippen molar-refractivity contribution in [2.45, 2.75) is 26.7 Å². The molecule has 1 rings (SSSR count). The molecule has 0 saturated heterocycles. The average Bonchev–Trinajstić information content (AvgIpc) is 2.92. The molecular formula is C10H19NO3. The molecule has 0 atom stereocenters. The van der Waals surface area contributed by atoms with Crippen molar-refractivity contribution in [2.75, 3.05) is 19.8 Å². The minimum Gasteiger partial charge on any atom is -0.449 e. The lowest BCUT2D eigenvalue weighted by Gasteiger charge is -2.13. The Morgan fingerprint density at radius 3 is 2.64 bits per heavy atom. The van der Waals surface area contributed by atoms with Crippen LogP contribution in [0, 0.1) is 11.3 Å². The molecule has 2 N–H and O–H groups in total. The molecule has 4 heteroatoms. The number of alkyl carbamates (subject to hydrolysis) is 1. The fourth-order valence-electron chi connectivity index (χ4n) is 1.12. The van der Waals surface area contributed by atoms with E-state index in [4.69, 9.17) is 9.84 Å². The van der Waals surface area contributed by atoms with Crippen molar-refractivity contribution in [3.05, 3.63) is 0 Å². The molecule has 0 spiro atoms. The van der Waals surface area contributed by atoms with Crippen LogP contribution < -0.4 is 5.32 Å². The first kappa shape index (κ1) is 11.3. The van der Waals surface area contributed by atoms with Gasteiger partial charge in [0.25, 0.3) is 0 Å². The number of hydrogen-bond acceptors (Lipinski definition) is 3. The molecule has 0 radical (unpaired) electrons. The van der Waals surface area contributed by atoms with E-state index in [1.165, 1.54) is 0 Å². The van der Waals surface area contributed by atoms with Crippen LogP contribution in [0.15, 0.2) is 0 Å². The molecule has 0 bridgehead atoms. The summed E-state index contributed by atoms with van der Waals surface area (Å²) in [6.45, 7) is 5.10. The number of carbonyl (C=O) groups is 1. The third-order valence-electron chi connectivity index (χ3n) is 2.45. The zero-order valence-corrected chi connectivity index (χ0v) is 8.88. The van der Waals surface area contributed by atoms with E-state index in [0.717, 1.165) is 12.8 Å². The molecule has 4 nitrogen and oxygen atoms in total. The van der Waals surface area contributed by atoms with E-state index < -0.39 is 0 Å². The molecule has 14 heavy (non-hydrogen) atoms. The maximum absolute atomic E-state index is 11.1. The summed E-state index contributed by atoms with van der Waals surface area (Å²) in [5.74, 6) is 0.355. The highest BCUT2D eigenvalue weighted by atomic mass is 16.5. The third kappa shape index (κ3) is 3.54. The zero-order valence-electron chi connectivity index (χ0n) is 8.88. The van der Waals surface area contributed by atoms with Gasteiger partial charge in [-0.05, 0) is 18.8 Å². The van der Waals surface area contributed by atoms with Crippen molar-refractivity contribution in [1.29, 1.82) is 0 Å². The molecule has 0 aromatic rings. The summed E-state index contributed by atoms with van der Waals surface area (Å²) in [6, 6.07) is 0. The lowest BCUT2D eigenvalue weighted by Crippen LogP contribution is -2.32. The number of ether oxygens (including phenoxy) is 1. The maximum atomic E-state index is 11.1. The first-order chi connectivity index (χ1) is 6.58. The fourth-order valence-corrected chi connectivity index (χ4v) is 1.12. The zero-order chi connectivity index (χ0) is 10.6. The Kier molecular flexibility index (Phi) is 3.75. The Hall–Kier alpha value is -0.770. The number of aliphatic hydroxyl groups is 1. The molecule has 1 saturated carbocycles. The van der Waals surface area contributed by atoms with Gasteiger partial charge < -0.3 is 15.2 Å². The van der Waals surface area contributed by atoms with E-state index in [9.17, 15) is 4.79 Å². The van der Waals surface area contributed by atoms with Gasteiger partial charge in [-0.1, -0.05) is 13.8 Å². The van der Waals surface area contributed by atoms with Gasteiger partial charge in [0, 0.05) is 12.0 Å². The summed E-state index contributed by atoms with van der Waals surface area (Å²) in [6.07, 6.45) is 1.61. The minimum absolute atomic E-state index is 0.0448. The Balaban J connectivity index is 2.09. The quantitative estimate of drug-likeness (QED) is 0.701. The van der Waals surface area contributed by atoms with Crippen LogP contribution in [0.25, 0.3) is 0 Å². The second-order valence-corrected chi connectivity index (χ2v) is 4.50. The molecule has 0 heterocycles. The van der Waals surface area contributed by atoms with Crippen molar-refractivity contribution < 1.29 is 14.6 Å². The number of hydrogen-bond donors (Lipinski definition) is 2. The van der Waals surface area contributed by atoms with Crippen molar-refractivity contribution in [3.63, 3.8) is 0 Å². The Morgan fingerprint density at radius 1 is 1.57 bits per heavy atom. The van der Waals surface area contributed by atoms with E-state index in [1.54, 1.807) is 0 Å². The van der Waals surface area contributed by atoms with Crippen molar-refractivity contribution >= 4 is 6.09 Å². The molecule has 0 aromatic carbocycles. The second-order valence-electron chi connectivity index (χ2n) is 4.50. The molecule has 82 valence electrons. The molecule has 0 aliphatic heterocycles. The summed E-state index contributed by atoms with van der Waals surface area (Å²) < 4.78 is 4.94. The van der Waals surface area contributed by atoms with Gasteiger partial charge in [-0.25, -0.2) is 4.79 Å². The number of rotatable bonds is 5. The van der Waals surface area contributed by atoms with Crippen LogP contribution in [0.1, 0.15) is 26.7 Å². The second kappa shape index (κ2) is 4.64. The van der Waals surface area contributed by atoms with Crippen molar-refractivity contribution in [1.82, 2.24) is 5.32 Å². The molecule has 1 fully saturated rings. The van der Waals surface area contributed by atoms with E-state index in [0.29, 0.717) is 19.1 Å². The number of amides is 1. The van der Waals surface area contributed by atoms with E-state index >= 15 is 0 Å². The lowest BCUT2D eigenvalue weighted by molar-refractivity contribution is 0.127. The molecule has 1 aliphatic rings. The summed E-state index contributed by atoms with van der Waals surface area (Å²) in [7, 11) is 0. The van der Waals surface area contributed by atoms with Gasteiger partial charge in [0.2, 0.25) is 0 Å². The topological polar surface area (TPSA) is 58.6 Å². The number of carbonyl (C=O) groups excluding carboxylic acids is 1. The highest BCUT2D eigenvalue weighted by Gasteiger charge is 2.42.